The summed E-state index contributed by atoms with van der Waals surface area (Å²) in [5, 5.41) is 0. The molecular formula is C13H20N2. The number of pyridine rings is 1. The molecule has 1 atom stereocenters. The van der Waals surface area contributed by atoms with Crippen LogP contribution in [0.1, 0.15) is 44.0 Å². The summed E-state index contributed by atoms with van der Waals surface area (Å²) in [6.07, 6.45) is 4.48. The molecule has 0 amide bonds. The lowest BCUT2D eigenvalue weighted by molar-refractivity contribution is 0.201. The van der Waals surface area contributed by atoms with E-state index in [2.05, 4.69) is 36.7 Å². The lowest BCUT2D eigenvalue weighted by Gasteiger charge is -2.28. The molecule has 0 spiro atoms. The van der Waals surface area contributed by atoms with Gasteiger partial charge in [0.2, 0.25) is 0 Å². The highest BCUT2D eigenvalue weighted by Gasteiger charge is 2.29. The van der Waals surface area contributed by atoms with E-state index in [1.54, 1.807) is 0 Å². The van der Waals surface area contributed by atoms with Crippen LogP contribution < -0.4 is 0 Å². The fourth-order valence-electron chi connectivity index (χ4n) is 2.55. The molecule has 0 aromatic carbocycles. The highest BCUT2D eigenvalue weighted by molar-refractivity contribution is 5.22. The quantitative estimate of drug-likeness (QED) is 0.736. The molecule has 1 saturated heterocycles. The number of hydrogen-bond acceptors (Lipinski definition) is 2. The predicted molar refractivity (Wildman–Crippen MR) is 62.8 cm³/mol. The number of hydrogen-bond donors (Lipinski definition) is 0. The average Bonchev–Trinajstić information content (AvgIpc) is 2.67. The summed E-state index contributed by atoms with van der Waals surface area (Å²) < 4.78 is 0. The van der Waals surface area contributed by atoms with Gasteiger partial charge in [0.1, 0.15) is 0 Å². The maximum Gasteiger partial charge on any atom is 0.0604 e. The summed E-state index contributed by atoms with van der Waals surface area (Å²) >= 11 is 0. The first-order chi connectivity index (χ1) is 7.20. The third kappa shape index (κ3) is 2.05. The fourth-order valence-corrected chi connectivity index (χ4v) is 2.55. The van der Waals surface area contributed by atoms with Crippen LogP contribution in [0.4, 0.5) is 0 Å². The molecule has 1 fully saturated rings. The lowest BCUT2D eigenvalue weighted by Crippen LogP contribution is -2.31. The van der Waals surface area contributed by atoms with Crippen molar-refractivity contribution in [3.63, 3.8) is 0 Å². The molecule has 15 heavy (non-hydrogen) atoms. The Balaban J connectivity index is 2.27. The van der Waals surface area contributed by atoms with Crippen LogP contribution in [0.25, 0.3) is 0 Å². The van der Waals surface area contributed by atoms with Gasteiger partial charge < -0.3 is 0 Å². The molecule has 82 valence electrons. The SMILES string of the molecule is Cc1cccnc1C1CCCN1C(C)C. The highest BCUT2D eigenvalue weighted by atomic mass is 15.2. The Bertz CT molecular complexity index is 333. The van der Waals surface area contributed by atoms with E-state index in [0.29, 0.717) is 12.1 Å². The Labute approximate surface area is 92.3 Å². The van der Waals surface area contributed by atoms with Crippen LogP contribution in [0.5, 0.6) is 0 Å². The van der Waals surface area contributed by atoms with E-state index < -0.39 is 0 Å². The normalized spacial score (nSPS) is 22.5. The van der Waals surface area contributed by atoms with Crippen molar-refractivity contribution in [3.05, 3.63) is 29.6 Å². The summed E-state index contributed by atoms with van der Waals surface area (Å²) in [5.74, 6) is 0. The number of aryl methyl sites for hydroxylation is 1. The molecule has 2 heterocycles. The molecule has 0 aliphatic carbocycles. The minimum atomic E-state index is 0.547. The van der Waals surface area contributed by atoms with Crippen molar-refractivity contribution in [3.8, 4) is 0 Å². The zero-order valence-electron chi connectivity index (χ0n) is 9.90. The van der Waals surface area contributed by atoms with Crippen molar-refractivity contribution in [2.45, 2.75) is 45.7 Å². The molecule has 0 saturated carbocycles. The maximum absolute atomic E-state index is 4.55. The highest BCUT2D eigenvalue weighted by Crippen LogP contribution is 2.33. The molecule has 1 aromatic heterocycles. The molecule has 0 N–H and O–H groups in total. The van der Waals surface area contributed by atoms with Crippen LogP contribution >= 0.6 is 0 Å². The van der Waals surface area contributed by atoms with Crippen molar-refractivity contribution in [2.24, 2.45) is 0 Å². The largest absolute Gasteiger partial charge is 0.292 e. The second-order valence-corrected chi connectivity index (χ2v) is 4.70. The first-order valence-electron chi connectivity index (χ1n) is 5.87. The van der Waals surface area contributed by atoms with Crippen molar-refractivity contribution >= 4 is 0 Å². The van der Waals surface area contributed by atoms with Gasteiger partial charge in [-0.3, -0.25) is 9.88 Å². The first-order valence-corrected chi connectivity index (χ1v) is 5.87. The molecule has 1 unspecified atom stereocenters. The number of aromatic nitrogens is 1. The van der Waals surface area contributed by atoms with Gasteiger partial charge in [0.25, 0.3) is 0 Å². The van der Waals surface area contributed by atoms with Gasteiger partial charge in [0.15, 0.2) is 0 Å². The van der Waals surface area contributed by atoms with Crippen LogP contribution in [0.2, 0.25) is 0 Å². The zero-order valence-corrected chi connectivity index (χ0v) is 9.90. The van der Waals surface area contributed by atoms with Crippen LogP contribution in [0.3, 0.4) is 0 Å². The minimum absolute atomic E-state index is 0.547. The molecule has 2 heteroatoms. The number of nitrogens with zero attached hydrogens (tertiary/aromatic N) is 2. The fraction of sp³-hybridized carbons (Fsp3) is 0.615. The van der Waals surface area contributed by atoms with Crippen molar-refractivity contribution < 1.29 is 0 Å². The first kappa shape index (κ1) is 10.6. The smallest absolute Gasteiger partial charge is 0.0604 e. The maximum atomic E-state index is 4.55. The summed E-state index contributed by atoms with van der Waals surface area (Å²) in [5.41, 5.74) is 2.61. The van der Waals surface area contributed by atoms with Crippen LogP contribution in [0.15, 0.2) is 18.3 Å². The Morgan fingerprint density at radius 1 is 1.47 bits per heavy atom. The molecule has 2 nitrogen and oxygen atoms in total. The van der Waals surface area contributed by atoms with Gasteiger partial charge in [-0.15, -0.1) is 0 Å². The third-order valence-corrected chi connectivity index (χ3v) is 3.32. The standard InChI is InChI=1S/C13H20N2/c1-10(2)15-9-5-7-12(15)13-11(3)6-4-8-14-13/h4,6,8,10,12H,5,7,9H2,1-3H3. The molecule has 1 aliphatic heterocycles. The molecule has 1 aromatic rings. The van der Waals surface area contributed by atoms with Crippen LogP contribution in [0, 0.1) is 6.92 Å². The monoisotopic (exact) mass is 204 g/mol. The Morgan fingerprint density at radius 3 is 2.93 bits per heavy atom. The van der Waals surface area contributed by atoms with Crippen LogP contribution in [-0.4, -0.2) is 22.5 Å². The zero-order chi connectivity index (χ0) is 10.8. The lowest BCUT2D eigenvalue weighted by atomic mass is 10.1. The van der Waals surface area contributed by atoms with E-state index in [4.69, 9.17) is 0 Å². The van der Waals surface area contributed by atoms with Crippen molar-refractivity contribution in [1.82, 2.24) is 9.88 Å². The second-order valence-electron chi connectivity index (χ2n) is 4.70. The number of likely N-dealkylation sites (tertiary alicyclic amines) is 1. The Kier molecular flexibility index (Phi) is 3.06. The molecule has 0 bridgehead atoms. The van der Waals surface area contributed by atoms with E-state index in [-0.39, 0.29) is 0 Å². The second kappa shape index (κ2) is 4.31. The Morgan fingerprint density at radius 2 is 2.27 bits per heavy atom. The molecule has 2 rings (SSSR count). The number of rotatable bonds is 2. The van der Waals surface area contributed by atoms with E-state index in [0.717, 1.165) is 0 Å². The summed E-state index contributed by atoms with van der Waals surface area (Å²) in [6, 6.07) is 5.36. The van der Waals surface area contributed by atoms with E-state index in [9.17, 15) is 0 Å². The van der Waals surface area contributed by atoms with Gasteiger partial charge in [-0.05, 0) is 51.8 Å². The van der Waals surface area contributed by atoms with Gasteiger partial charge in [0, 0.05) is 12.2 Å². The van der Waals surface area contributed by atoms with Gasteiger partial charge in [-0.2, -0.15) is 0 Å². The van der Waals surface area contributed by atoms with Gasteiger partial charge in [-0.25, -0.2) is 0 Å². The van der Waals surface area contributed by atoms with Gasteiger partial charge in [-0.1, -0.05) is 6.07 Å². The predicted octanol–water partition coefficient (Wildman–Crippen LogP) is 2.94. The average molecular weight is 204 g/mol. The van der Waals surface area contributed by atoms with Crippen LogP contribution in [-0.2, 0) is 0 Å². The minimum Gasteiger partial charge on any atom is -0.292 e. The summed E-state index contributed by atoms with van der Waals surface area (Å²) in [7, 11) is 0. The van der Waals surface area contributed by atoms with Gasteiger partial charge >= 0.3 is 0 Å². The van der Waals surface area contributed by atoms with E-state index in [1.807, 2.05) is 12.3 Å². The van der Waals surface area contributed by atoms with E-state index in [1.165, 1.54) is 30.6 Å². The third-order valence-electron chi connectivity index (χ3n) is 3.32. The summed E-state index contributed by atoms with van der Waals surface area (Å²) in [6.45, 7) is 7.94. The Hall–Kier alpha value is -0.890. The molecule has 1 aliphatic rings. The van der Waals surface area contributed by atoms with Crippen molar-refractivity contribution in [1.29, 1.82) is 0 Å². The molecule has 0 radical (unpaired) electrons. The van der Waals surface area contributed by atoms with Gasteiger partial charge in [0.05, 0.1) is 11.7 Å². The summed E-state index contributed by atoms with van der Waals surface area (Å²) in [4.78, 5) is 7.12. The van der Waals surface area contributed by atoms with Crippen molar-refractivity contribution in [2.75, 3.05) is 6.54 Å². The van der Waals surface area contributed by atoms with E-state index >= 15 is 0 Å². The molecular weight excluding hydrogens is 184 g/mol. The topological polar surface area (TPSA) is 16.1 Å².